The Balaban J connectivity index is 2.35. The van der Waals surface area contributed by atoms with Crippen molar-refractivity contribution in [3.63, 3.8) is 0 Å². The molecule has 1 saturated heterocycles. The highest BCUT2D eigenvalue weighted by Gasteiger charge is 2.43. The Hall–Kier alpha value is -1.52. The minimum atomic E-state index is -1.70. The van der Waals surface area contributed by atoms with Gasteiger partial charge in [-0.25, -0.2) is 0 Å². The molecule has 0 aliphatic carbocycles. The summed E-state index contributed by atoms with van der Waals surface area (Å²) < 4.78 is 14.0. The van der Waals surface area contributed by atoms with Crippen LogP contribution in [-0.2, 0) is 23.8 Å². The largest absolute Gasteiger partial charge is 0.463 e. The summed E-state index contributed by atoms with van der Waals surface area (Å²) in [4.78, 5) is 22.3. The molecule has 0 amide bonds. The summed E-state index contributed by atoms with van der Waals surface area (Å²) in [5.41, 5.74) is 0. The summed E-state index contributed by atoms with van der Waals surface area (Å²) in [5, 5.41) is 37.6. The van der Waals surface area contributed by atoms with Crippen LogP contribution in [0.15, 0.2) is 12.8 Å². The highest BCUT2D eigenvalue weighted by molar-refractivity contribution is 5.77. The van der Waals surface area contributed by atoms with Gasteiger partial charge in [0, 0.05) is 0 Å². The van der Waals surface area contributed by atoms with Gasteiger partial charge >= 0.3 is 11.9 Å². The molecule has 0 bridgehead atoms. The van der Waals surface area contributed by atoms with E-state index in [9.17, 15) is 30.0 Å². The normalized spacial score (nSPS) is 32.3. The van der Waals surface area contributed by atoms with Gasteiger partial charge in [0.25, 0.3) is 0 Å². The van der Waals surface area contributed by atoms with Crippen LogP contribution in [0.5, 0.6) is 0 Å². The predicted octanol–water partition coefficient (Wildman–Crippen LogP) is -2.20. The fourth-order valence-electron chi connectivity index (χ4n) is 1.67. The SMILES string of the molecule is C=COC(=O)CCC(=O)OC[C@H]1OC(O)[C@H](O)[C@@H](O)[C@H]1O. The van der Waals surface area contributed by atoms with E-state index >= 15 is 0 Å². The van der Waals surface area contributed by atoms with Gasteiger partial charge in [0.2, 0.25) is 0 Å². The van der Waals surface area contributed by atoms with E-state index in [1.807, 2.05) is 0 Å². The molecular weight excluding hydrogens is 288 g/mol. The standard InChI is InChI=1S/C12H18O9/c1-2-19-7(13)3-4-8(14)20-5-6-9(15)10(16)11(17)12(18)21-6/h2,6,9-12,15-18H,1,3-5H2/t6-,9+,10+,11-,12?/m1/s1. The maximum absolute atomic E-state index is 11.4. The average molecular weight is 306 g/mol. The molecule has 1 aliphatic rings. The minimum Gasteiger partial charge on any atom is -0.463 e. The molecule has 21 heavy (non-hydrogen) atoms. The number of hydrogen-bond donors (Lipinski definition) is 4. The second kappa shape index (κ2) is 8.05. The quantitative estimate of drug-likeness (QED) is 0.317. The molecule has 0 radical (unpaired) electrons. The fraction of sp³-hybridized carbons (Fsp3) is 0.667. The van der Waals surface area contributed by atoms with Crippen molar-refractivity contribution in [2.45, 2.75) is 43.5 Å². The lowest BCUT2D eigenvalue weighted by molar-refractivity contribution is -0.287. The molecule has 1 rings (SSSR count). The molecular formula is C12H18O9. The van der Waals surface area contributed by atoms with E-state index in [4.69, 9.17) is 9.47 Å². The van der Waals surface area contributed by atoms with Gasteiger partial charge in [-0.2, -0.15) is 0 Å². The van der Waals surface area contributed by atoms with Gasteiger partial charge in [0.1, 0.15) is 31.0 Å². The number of carbonyl (C=O) groups is 2. The Morgan fingerprint density at radius 3 is 2.29 bits per heavy atom. The van der Waals surface area contributed by atoms with Crippen molar-refractivity contribution >= 4 is 11.9 Å². The van der Waals surface area contributed by atoms with Crippen molar-refractivity contribution in [3.05, 3.63) is 12.8 Å². The van der Waals surface area contributed by atoms with Crippen molar-refractivity contribution in [1.29, 1.82) is 0 Å². The molecule has 1 heterocycles. The summed E-state index contributed by atoms with van der Waals surface area (Å²) in [6.07, 6.45) is -7.21. The Kier molecular flexibility index (Phi) is 6.72. The Morgan fingerprint density at radius 2 is 1.67 bits per heavy atom. The smallest absolute Gasteiger partial charge is 0.311 e. The first-order chi connectivity index (χ1) is 9.86. The maximum Gasteiger partial charge on any atom is 0.311 e. The van der Waals surface area contributed by atoms with Gasteiger partial charge in [0.05, 0.1) is 19.1 Å². The van der Waals surface area contributed by atoms with Crippen molar-refractivity contribution in [2.75, 3.05) is 6.61 Å². The van der Waals surface area contributed by atoms with E-state index in [2.05, 4.69) is 11.3 Å². The summed E-state index contributed by atoms with van der Waals surface area (Å²) in [6.45, 7) is 2.74. The van der Waals surface area contributed by atoms with Crippen LogP contribution in [0.25, 0.3) is 0 Å². The Bertz CT molecular complexity index is 383. The number of esters is 2. The van der Waals surface area contributed by atoms with Crippen molar-refractivity contribution in [1.82, 2.24) is 0 Å². The molecule has 1 aliphatic heterocycles. The van der Waals surface area contributed by atoms with Crippen molar-refractivity contribution in [2.24, 2.45) is 0 Å². The summed E-state index contributed by atoms with van der Waals surface area (Å²) >= 11 is 0. The van der Waals surface area contributed by atoms with E-state index in [1.165, 1.54) is 0 Å². The molecule has 5 atom stereocenters. The lowest BCUT2D eigenvalue weighted by atomic mass is 9.99. The number of ether oxygens (including phenoxy) is 3. The average Bonchev–Trinajstić information content (AvgIpc) is 2.45. The Labute approximate surface area is 120 Å². The van der Waals surface area contributed by atoms with Crippen LogP contribution in [0.3, 0.4) is 0 Å². The van der Waals surface area contributed by atoms with Crippen LogP contribution in [0, 0.1) is 0 Å². The molecule has 9 nitrogen and oxygen atoms in total. The first-order valence-electron chi connectivity index (χ1n) is 6.20. The van der Waals surface area contributed by atoms with Gasteiger partial charge in [-0.15, -0.1) is 0 Å². The molecule has 9 heteroatoms. The van der Waals surface area contributed by atoms with Crippen LogP contribution >= 0.6 is 0 Å². The van der Waals surface area contributed by atoms with Crippen LogP contribution in [0.1, 0.15) is 12.8 Å². The molecule has 0 spiro atoms. The number of aliphatic hydroxyl groups excluding tert-OH is 4. The highest BCUT2D eigenvalue weighted by Crippen LogP contribution is 2.20. The molecule has 120 valence electrons. The molecule has 1 fully saturated rings. The van der Waals surface area contributed by atoms with Crippen molar-refractivity contribution < 1.29 is 44.2 Å². The third-order valence-electron chi connectivity index (χ3n) is 2.84. The number of rotatable bonds is 6. The fourth-order valence-corrected chi connectivity index (χ4v) is 1.67. The monoisotopic (exact) mass is 306 g/mol. The van der Waals surface area contributed by atoms with E-state index < -0.39 is 49.3 Å². The molecule has 0 aromatic heterocycles. The number of aliphatic hydroxyl groups is 4. The van der Waals surface area contributed by atoms with E-state index in [0.29, 0.717) is 0 Å². The number of carbonyl (C=O) groups excluding carboxylic acids is 2. The molecule has 1 unspecified atom stereocenters. The van der Waals surface area contributed by atoms with E-state index in [-0.39, 0.29) is 12.8 Å². The summed E-state index contributed by atoms with van der Waals surface area (Å²) in [5.74, 6) is -1.40. The minimum absolute atomic E-state index is 0.205. The maximum atomic E-state index is 11.4. The van der Waals surface area contributed by atoms with Gasteiger partial charge in [-0.1, -0.05) is 6.58 Å². The Morgan fingerprint density at radius 1 is 1.05 bits per heavy atom. The third-order valence-corrected chi connectivity index (χ3v) is 2.84. The van der Waals surface area contributed by atoms with E-state index in [1.54, 1.807) is 0 Å². The van der Waals surface area contributed by atoms with Gasteiger partial charge in [0.15, 0.2) is 6.29 Å². The highest BCUT2D eigenvalue weighted by atomic mass is 16.6. The second-order valence-corrected chi connectivity index (χ2v) is 4.38. The van der Waals surface area contributed by atoms with Crippen LogP contribution in [0.2, 0.25) is 0 Å². The topological polar surface area (TPSA) is 143 Å². The summed E-state index contributed by atoms with van der Waals surface area (Å²) in [7, 11) is 0. The zero-order valence-corrected chi connectivity index (χ0v) is 11.1. The van der Waals surface area contributed by atoms with Crippen LogP contribution < -0.4 is 0 Å². The molecule has 0 aromatic carbocycles. The molecule has 0 aromatic rings. The summed E-state index contributed by atoms with van der Waals surface area (Å²) in [6, 6.07) is 0. The lowest BCUT2D eigenvalue weighted by Gasteiger charge is -2.37. The second-order valence-electron chi connectivity index (χ2n) is 4.38. The zero-order valence-electron chi connectivity index (χ0n) is 11.1. The van der Waals surface area contributed by atoms with Crippen LogP contribution in [0.4, 0.5) is 0 Å². The van der Waals surface area contributed by atoms with Gasteiger partial charge in [-0.05, 0) is 0 Å². The van der Waals surface area contributed by atoms with E-state index in [0.717, 1.165) is 6.26 Å². The zero-order chi connectivity index (χ0) is 16.0. The van der Waals surface area contributed by atoms with Crippen molar-refractivity contribution in [3.8, 4) is 0 Å². The van der Waals surface area contributed by atoms with Crippen LogP contribution in [-0.4, -0.2) is 69.7 Å². The lowest BCUT2D eigenvalue weighted by Crippen LogP contribution is -2.58. The predicted molar refractivity (Wildman–Crippen MR) is 65.4 cm³/mol. The first-order valence-corrected chi connectivity index (χ1v) is 6.20. The number of hydrogen-bond acceptors (Lipinski definition) is 9. The molecule has 4 N–H and O–H groups in total. The van der Waals surface area contributed by atoms with Gasteiger partial charge in [-0.3, -0.25) is 9.59 Å². The third kappa shape index (κ3) is 5.06. The first kappa shape index (κ1) is 17.5. The van der Waals surface area contributed by atoms with Gasteiger partial charge < -0.3 is 34.6 Å². The molecule has 0 saturated carbocycles.